The van der Waals surface area contributed by atoms with Gasteiger partial charge in [-0.15, -0.1) is 0 Å². The van der Waals surface area contributed by atoms with Crippen molar-refractivity contribution >= 4 is 27.5 Å². The van der Waals surface area contributed by atoms with Crippen LogP contribution < -0.4 is 0 Å². The first-order chi connectivity index (χ1) is 3.25. The van der Waals surface area contributed by atoms with Crippen LogP contribution in [0.2, 0.25) is 0 Å². The maximum absolute atomic E-state index is 11.9. The predicted octanol–water partition coefficient (Wildman–Crippen LogP) is 2.90. The zero-order valence-electron chi connectivity index (χ0n) is 3.89. The van der Waals surface area contributed by atoms with Gasteiger partial charge in [-0.1, -0.05) is 11.6 Å². The Hall–Kier alpha value is 0.560. The van der Waals surface area contributed by atoms with Crippen molar-refractivity contribution in [2.75, 3.05) is 0 Å². The average Bonchev–Trinajstić information content (AvgIpc) is 1.25. The van der Waals surface area contributed by atoms with Crippen molar-refractivity contribution in [1.82, 2.24) is 0 Å². The molecule has 0 nitrogen and oxygen atoms in total. The monoisotopic (exact) mass is 210 g/mol. The highest BCUT2D eigenvalue weighted by molar-refractivity contribution is 9.10. The van der Waals surface area contributed by atoms with Crippen molar-refractivity contribution < 1.29 is 13.2 Å². The lowest BCUT2D eigenvalue weighted by molar-refractivity contribution is 0.00579. The fraction of sp³-hybridized carbons (Fsp3) is 1.00. The lowest BCUT2D eigenvalue weighted by atomic mass is 10.5. The first-order valence-electron chi connectivity index (χ1n) is 1.69. The van der Waals surface area contributed by atoms with Gasteiger partial charge < -0.3 is 0 Å². The molecule has 0 spiro atoms. The third-order valence-corrected chi connectivity index (χ3v) is 1.71. The third-order valence-electron chi connectivity index (χ3n) is 0.498. The van der Waals surface area contributed by atoms with Gasteiger partial charge in [-0.3, -0.25) is 0 Å². The predicted molar refractivity (Wildman–Crippen MR) is 29.2 cm³/mol. The maximum atomic E-state index is 11.9. The van der Waals surface area contributed by atoms with Gasteiger partial charge >= 0.3 is 4.83 Å². The molecular formula is C3H3BrClF3. The Labute approximate surface area is 58.1 Å². The minimum atomic E-state index is -3.65. The minimum absolute atomic E-state index is 0.573. The van der Waals surface area contributed by atoms with E-state index in [9.17, 15) is 13.2 Å². The molecule has 0 bridgehead atoms. The summed E-state index contributed by atoms with van der Waals surface area (Å²) in [6, 6.07) is 0. The Morgan fingerprint density at radius 2 is 1.50 bits per heavy atom. The molecule has 50 valence electrons. The topological polar surface area (TPSA) is 0 Å². The summed E-state index contributed by atoms with van der Waals surface area (Å²) in [5.41, 5.74) is 0. The molecule has 0 aromatic heterocycles. The van der Waals surface area contributed by atoms with Gasteiger partial charge in [0.05, 0.1) is 0 Å². The van der Waals surface area contributed by atoms with Crippen LogP contribution in [0.4, 0.5) is 13.2 Å². The van der Waals surface area contributed by atoms with E-state index >= 15 is 0 Å². The minimum Gasteiger partial charge on any atom is -0.219 e. The molecule has 5 heteroatoms. The van der Waals surface area contributed by atoms with E-state index in [1.165, 1.54) is 0 Å². The Kier molecular flexibility index (Phi) is 2.21. The van der Waals surface area contributed by atoms with E-state index in [-0.39, 0.29) is 0 Å². The van der Waals surface area contributed by atoms with Crippen LogP contribution in [0.3, 0.4) is 0 Å². The average molecular weight is 211 g/mol. The molecule has 0 saturated heterocycles. The summed E-state index contributed by atoms with van der Waals surface area (Å²) in [4.78, 5) is -3.65. The van der Waals surface area contributed by atoms with Gasteiger partial charge in [0.1, 0.15) is 0 Å². The number of hydrogen-bond acceptors (Lipinski definition) is 0. The molecule has 0 radical (unpaired) electrons. The molecule has 0 aliphatic rings. The molecule has 0 saturated carbocycles. The van der Waals surface area contributed by atoms with Crippen LogP contribution in [-0.2, 0) is 0 Å². The normalized spacial score (nSPS) is 20.2. The van der Waals surface area contributed by atoms with E-state index in [2.05, 4.69) is 11.6 Å². The summed E-state index contributed by atoms with van der Waals surface area (Å²) in [7, 11) is 0. The van der Waals surface area contributed by atoms with E-state index in [0.717, 1.165) is 0 Å². The molecule has 8 heavy (non-hydrogen) atoms. The highest BCUT2D eigenvalue weighted by Gasteiger charge is 2.47. The Bertz CT molecular complexity index is 69.5. The highest BCUT2D eigenvalue weighted by atomic mass is 79.9. The van der Waals surface area contributed by atoms with Crippen molar-refractivity contribution in [1.29, 1.82) is 0 Å². The molecule has 1 atom stereocenters. The van der Waals surface area contributed by atoms with E-state index in [0.29, 0.717) is 6.92 Å². The van der Waals surface area contributed by atoms with Crippen molar-refractivity contribution in [3.05, 3.63) is 0 Å². The molecule has 0 heterocycles. The molecule has 0 aliphatic carbocycles. The Balaban J connectivity index is 4.02. The molecule has 0 fully saturated rings. The first-order valence-corrected chi connectivity index (χ1v) is 2.87. The maximum Gasteiger partial charge on any atom is 0.348 e. The number of halogens is 5. The Morgan fingerprint density at radius 3 is 1.50 bits per heavy atom. The molecule has 0 rings (SSSR count). The van der Waals surface area contributed by atoms with Gasteiger partial charge in [-0.25, -0.2) is 4.39 Å². The van der Waals surface area contributed by atoms with Crippen molar-refractivity contribution in [3.8, 4) is 0 Å². The number of hydrogen-bond donors (Lipinski definition) is 0. The second-order valence-corrected chi connectivity index (χ2v) is 3.09. The second-order valence-electron chi connectivity index (χ2n) is 1.39. The van der Waals surface area contributed by atoms with Crippen molar-refractivity contribution in [2.45, 2.75) is 16.9 Å². The standard InChI is InChI=1S/C3H3BrClF3/c1-2(5,6)3(4,7)8/h1H3. The summed E-state index contributed by atoms with van der Waals surface area (Å²) in [5, 5.41) is -3.01. The highest BCUT2D eigenvalue weighted by Crippen LogP contribution is 2.40. The van der Waals surface area contributed by atoms with Gasteiger partial charge in [-0.2, -0.15) is 8.78 Å². The second kappa shape index (κ2) is 2.06. The van der Waals surface area contributed by atoms with Gasteiger partial charge in [0, 0.05) is 0 Å². The van der Waals surface area contributed by atoms with Gasteiger partial charge in [-0.05, 0) is 22.9 Å². The lowest BCUT2D eigenvalue weighted by Gasteiger charge is -2.16. The van der Waals surface area contributed by atoms with Crippen LogP contribution >= 0.6 is 27.5 Å². The summed E-state index contributed by atoms with van der Waals surface area (Å²) >= 11 is 6.30. The smallest absolute Gasteiger partial charge is 0.219 e. The lowest BCUT2D eigenvalue weighted by Crippen LogP contribution is -2.29. The largest absolute Gasteiger partial charge is 0.348 e. The van der Waals surface area contributed by atoms with Crippen molar-refractivity contribution in [3.63, 3.8) is 0 Å². The van der Waals surface area contributed by atoms with Crippen LogP contribution in [0.25, 0.3) is 0 Å². The first kappa shape index (κ1) is 8.56. The van der Waals surface area contributed by atoms with E-state index in [1.807, 2.05) is 0 Å². The summed E-state index contributed by atoms with van der Waals surface area (Å²) in [5.74, 6) is 0. The Morgan fingerprint density at radius 1 is 1.38 bits per heavy atom. The third kappa shape index (κ3) is 2.22. The van der Waals surface area contributed by atoms with E-state index < -0.39 is 9.96 Å². The number of alkyl halides is 5. The fourth-order valence-electron chi connectivity index (χ4n) is 0. The van der Waals surface area contributed by atoms with Crippen LogP contribution in [0.15, 0.2) is 0 Å². The summed E-state index contributed by atoms with van der Waals surface area (Å²) in [6.45, 7) is 0.573. The molecule has 0 N–H and O–H groups in total. The molecule has 0 aromatic rings. The van der Waals surface area contributed by atoms with Crippen LogP contribution in [0, 0.1) is 0 Å². The van der Waals surface area contributed by atoms with E-state index in [1.54, 1.807) is 15.9 Å². The van der Waals surface area contributed by atoms with Crippen LogP contribution in [0.1, 0.15) is 6.92 Å². The molecule has 0 aliphatic heterocycles. The summed E-state index contributed by atoms with van der Waals surface area (Å²) < 4.78 is 35.1. The summed E-state index contributed by atoms with van der Waals surface area (Å²) in [6.07, 6.45) is 0. The van der Waals surface area contributed by atoms with Crippen LogP contribution in [0.5, 0.6) is 0 Å². The zero-order valence-corrected chi connectivity index (χ0v) is 6.23. The molecule has 1 unspecified atom stereocenters. The molecular weight excluding hydrogens is 208 g/mol. The number of rotatable bonds is 1. The van der Waals surface area contributed by atoms with Crippen molar-refractivity contribution in [2.24, 2.45) is 0 Å². The van der Waals surface area contributed by atoms with Gasteiger partial charge in [0.2, 0.25) is 0 Å². The SMILES string of the molecule is CC(F)(Cl)C(F)(F)Br. The van der Waals surface area contributed by atoms with E-state index in [4.69, 9.17) is 0 Å². The fourth-order valence-corrected chi connectivity index (χ4v) is 0. The zero-order chi connectivity index (χ0) is 7.00. The van der Waals surface area contributed by atoms with Gasteiger partial charge in [0.15, 0.2) is 0 Å². The molecule has 0 amide bonds. The molecule has 0 aromatic carbocycles. The van der Waals surface area contributed by atoms with Gasteiger partial charge in [0.25, 0.3) is 5.13 Å². The quantitative estimate of drug-likeness (QED) is 0.585. The van der Waals surface area contributed by atoms with Crippen LogP contribution in [-0.4, -0.2) is 9.96 Å².